The number of piperidine rings is 1. The molecule has 1 N–H and O–H groups in total. The molecule has 2 aromatic heterocycles. The molecule has 1 fully saturated rings. The maximum Gasteiger partial charge on any atom is 0.257 e. The van der Waals surface area contributed by atoms with Crippen LogP contribution >= 0.6 is 0 Å². The van der Waals surface area contributed by atoms with Crippen molar-refractivity contribution in [3.05, 3.63) is 78.2 Å². The number of anilines is 2. The van der Waals surface area contributed by atoms with Crippen LogP contribution in [-0.4, -0.2) is 65.9 Å². The first-order chi connectivity index (χ1) is 16.4. The molecule has 1 unspecified atom stereocenters. The average molecular weight is 460 g/mol. The van der Waals surface area contributed by atoms with Gasteiger partial charge >= 0.3 is 0 Å². The van der Waals surface area contributed by atoms with Crippen molar-refractivity contribution in [2.75, 3.05) is 39.6 Å². The summed E-state index contributed by atoms with van der Waals surface area (Å²) in [5.74, 6) is 0.986. The number of ether oxygens (including phenoxy) is 1. The van der Waals surface area contributed by atoms with Gasteiger partial charge in [0.05, 0.1) is 18.4 Å². The number of nitrogens with one attached hydrogen (secondary N) is 1. The Morgan fingerprint density at radius 2 is 1.79 bits per heavy atom. The van der Waals surface area contributed by atoms with Gasteiger partial charge in [0.1, 0.15) is 17.0 Å². The van der Waals surface area contributed by atoms with Crippen molar-refractivity contribution in [1.82, 2.24) is 19.8 Å². The minimum absolute atomic E-state index is 0.0496. The number of hydrogen-bond acceptors (Lipinski definition) is 6. The molecule has 1 aliphatic heterocycles. The third kappa shape index (κ3) is 4.57. The van der Waals surface area contributed by atoms with Crippen LogP contribution in [0.25, 0.3) is 0 Å². The van der Waals surface area contributed by atoms with E-state index in [1.807, 2.05) is 42.5 Å². The van der Waals surface area contributed by atoms with Crippen molar-refractivity contribution in [3.63, 3.8) is 0 Å². The van der Waals surface area contributed by atoms with Crippen molar-refractivity contribution in [2.24, 2.45) is 0 Å². The summed E-state index contributed by atoms with van der Waals surface area (Å²) in [6.45, 7) is 0.821. The summed E-state index contributed by atoms with van der Waals surface area (Å²) in [6, 6.07) is 16.5. The Bertz CT molecular complexity index is 1150. The summed E-state index contributed by atoms with van der Waals surface area (Å²) in [4.78, 5) is 39.4. The summed E-state index contributed by atoms with van der Waals surface area (Å²) in [5, 5.41) is 3.24. The number of pyridine rings is 2. The normalized spacial score (nSPS) is 17.7. The Balaban J connectivity index is 1.63. The lowest BCUT2D eigenvalue weighted by molar-refractivity contribution is -0.136. The van der Waals surface area contributed by atoms with E-state index in [-0.39, 0.29) is 18.4 Å². The molecule has 176 valence electrons. The topological polar surface area (TPSA) is 87.7 Å². The number of hydrogen-bond donors (Lipinski definition) is 1. The van der Waals surface area contributed by atoms with E-state index in [4.69, 9.17) is 4.74 Å². The van der Waals surface area contributed by atoms with Crippen LogP contribution < -0.4 is 10.1 Å². The molecule has 3 aromatic rings. The van der Waals surface area contributed by atoms with Crippen molar-refractivity contribution < 1.29 is 14.3 Å². The number of nitrogens with zero attached hydrogens (tertiary/aromatic N) is 4. The van der Waals surface area contributed by atoms with Crippen LogP contribution in [0.2, 0.25) is 0 Å². The molecule has 34 heavy (non-hydrogen) atoms. The lowest BCUT2D eigenvalue weighted by Gasteiger charge is -2.42. The van der Waals surface area contributed by atoms with Gasteiger partial charge in [0.25, 0.3) is 5.91 Å². The van der Waals surface area contributed by atoms with Crippen LogP contribution in [0, 0.1) is 0 Å². The molecule has 4 rings (SSSR count). The van der Waals surface area contributed by atoms with Gasteiger partial charge < -0.3 is 19.9 Å². The van der Waals surface area contributed by atoms with Crippen LogP contribution in [0.1, 0.15) is 28.9 Å². The van der Waals surface area contributed by atoms with Gasteiger partial charge in [0.15, 0.2) is 0 Å². The third-order valence-electron chi connectivity index (χ3n) is 6.14. The summed E-state index contributed by atoms with van der Waals surface area (Å²) >= 11 is 0. The molecule has 0 aliphatic carbocycles. The zero-order valence-corrected chi connectivity index (χ0v) is 19.7. The molecule has 0 bridgehead atoms. The lowest BCUT2D eigenvalue weighted by Crippen LogP contribution is -2.56. The fraction of sp³-hybridized carbons (Fsp3) is 0.308. The van der Waals surface area contributed by atoms with Gasteiger partial charge in [-0.15, -0.1) is 0 Å². The van der Waals surface area contributed by atoms with Crippen LogP contribution in [0.4, 0.5) is 11.5 Å². The van der Waals surface area contributed by atoms with Crippen molar-refractivity contribution in [1.29, 1.82) is 0 Å². The van der Waals surface area contributed by atoms with Crippen molar-refractivity contribution >= 4 is 23.3 Å². The van der Waals surface area contributed by atoms with Crippen LogP contribution in [0.3, 0.4) is 0 Å². The van der Waals surface area contributed by atoms with Gasteiger partial charge in [-0.2, -0.15) is 0 Å². The van der Waals surface area contributed by atoms with Gasteiger partial charge in [-0.3, -0.25) is 14.6 Å². The van der Waals surface area contributed by atoms with E-state index in [1.54, 1.807) is 55.5 Å². The van der Waals surface area contributed by atoms with Gasteiger partial charge in [0, 0.05) is 45.3 Å². The summed E-state index contributed by atoms with van der Waals surface area (Å²) in [5.41, 5.74) is 1.05. The fourth-order valence-electron chi connectivity index (χ4n) is 4.45. The standard InChI is InChI=1S/C26H29N5O3/c1-30(2)25(33)26(22-9-4-5-15-27-22)14-7-17-31(18-26)24(32)21-8-6-16-28-23(21)29-19-10-12-20(34-3)13-11-19/h4-6,8-13,15-16H,7,14,17-18H2,1-3H3,(H,28,29). The molecular weight excluding hydrogens is 430 g/mol. The van der Waals surface area contributed by atoms with Crippen LogP contribution in [-0.2, 0) is 10.2 Å². The van der Waals surface area contributed by atoms with E-state index in [0.29, 0.717) is 36.5 Å². The summed E-state index contributed by atoms with van der Waals surface area (Å²) in [7, 11) is 5.10. The van der Waals surface area contributed by atoms with E-state index < -0.39 is 5.41 Å². The summed E-state index contributed by atoms with van der Waals surface area (Å²) in [6.07, 6.45) is 4.67. The lowest BCUT2D eigenvalue weighted by atomic mass is 9.75. The molecule has 2 amide bonds. The molecule has 1 aromatic carbocycles. The Labute approximate surface area is 199 Å². The maximum atomic E-state index is 13.7. The minimum atomic E-state index is -0.884. The molecule has 0 spiro atoms. The number of rotatable bonds is 6. The van der Waals surface area contributed by atoms with Crippen LogP contribution in [0.5, 0.6) is 5.75 Å². The fourth-order valence-corrected chi connectivity index (χ4v) is 4.45. The smallest absolute Gasteiger partial charge is 0.257 e. The predicted molar refractivity (Wildman–Crippen MR) is 130 cm³/mol. The van der Waals surface area contributed by atoms with Crippen molar-refractivity contribution in [3.8, 4) is 5.75 Å². The van der Waals surface area contributed by atoms with Gasteiger partial charge in [-0.05, 0) is 61.4 Å². The number of likely N-dealkylation sites (tertiary alicyclic amines) is 1. The molecule has 1 atom stereocenters. The van der Waals surface area contributed by atoms with E-state index in [1.165, 1.54) is 0 Å². The SMILES string of the molecule is COc1ccc(Nc2ncccc2C(=O)N2CCCC(C(=O)N(C)C)(c3ccccn3)C2)cc1. The molecule has 1 aliphatic rings. The summed E-state index contributed by atoms with van der Waals surface area (Å²) < 4.78 is 5.21. The number of methoxy groups -OCH3 is 1. The second kappa shape index (κ2) is 9.91. The van der Waals surface area contributed by atoms with E-state index in [0.717, 1.165) is 11.4 Å². The van der Waals surface area contributed by atoms with Gasteiger partial charge in [-0.1, -0.05) is 6.07 Å². The molecule has 8 heteroatoms. The van der Waals surface area contributed by atoms with Gasteiger partial charge in [0.2, 0.25) is 5.91 Å². The highest BCUT2D eigenvalue weighted by Crippen LogP contribution is 2.35. The Kier molecular flexibility index (Phi) is 6.77. The minimum Gasteiger partial charge on any atom is -0.497 e. The second-order valence-corrected chi connectivity index (χ2v) is 8.58. The van der Waals surface area contributed by atoms with Crippen molar-refractivity contribution in [2.45, 2.75) is 18.3 Å². The predicted octanol–water partition coefficient (Wildman–Crippen LogP) is 3.49. The Morgan fingerprint density at radius 3 is 2.47 bits per heavy atom. The highest BCUT2D eigenvalue weighted by Gasteiger charge is 2.47. The number of carbonyl (C=O) groups excluding carboxylic acids is 2. The number of carbonyl (C=O) groups is 2. The maximum absolute atomic E-state index is 13.7. The van der Waals surface area contributed by atoms with E-state index >= 15 is 0 Å². The average Bonchev–Trinajstić information content (AvgIpc) is 2.89. The molecule has 0 radical (unpaired) electrons. The largest absolute Gasteiger partial charge is 0.497 e. The number of likely N-dealkylation sites (N-methyl/N-ethyl adjacent to an activating group) is 1. The van der Waals surface area contributed by atoms with Crippen LogP contribution in [0.15, 0.2) is 67.0 Å². The highest BCUT2D eigenvalue weighted by atomic mass is 16.5. The first-order valence-corrected chi connectivity index (χ1v) is 11.2. The molecule has 0 saturated carbocycles. The van der Waals surface area contributed by atoms with Gasteiger partial charge in [-0.25, -0.2) is 4.98 Å². The Morgan fingerprint density at radius 1 is 1.03 bits per heavy atom. The zero-order valence-electron chi connectivity index (χ0n) is 19.7. The monoisotopic (exact) mass is 459 g/mol. The first-order valence-electron chi connectivity index (χ1n) is 11.2. The Hall–Kier alpha value is -3.94. The van der Waals surface area contributed by atoms with E-state index in [9.17, 15) is 9.59 Å². The molecule has 3 heterocycles. The first kappa shape index (κ1) is 23.2. The number of aromatic nitrogens is 2. The quantitative estimate of drug-likeness (QED) is 0.607. The number of amides is 2. The molecule has 1 saturated heterocycles. The molecule has 8 nitrogen and oxygen atoms in total. The zero-order chi connectivity index (χ0) is 24.1. The molecular formula is C26H29N5O3. The number of benzene rings is 1. The third-order valence-corrected chi connectivity index (χ3v) is 6.14. The van der Waals surface area contributed by atoms with E-state index in [2.05, 4.69) is 15.3 Å². The highest BCUT2D eigenvalue weighted by molar-refractivity contribution is 6.00. The second-order valence-electron chi connectivity index (χ2n) is 8.58.